The Kier molecular flexibility index (Phi) is 5.40. The monoisotopic (exact) mass is 264 g/mol. The molecule has 0 aliphatic rings. The smallest absolute Gasteiger partial charge is 0.405 e. The number of carbonyl (C=O) groups is 2. The summed E-state index contributed by atoms with van der Waals surface area (Å²) in [6.45, 7) is 3.95. The Labute approximate surface area is 110 Å². The Morgan fingerprint density at radius 1 is 1.42 bits per heavy atom. The lowest BCUT2D eigenvalue weighted by Crippen LogP contribution is -2.45. The SMILES string of the molecule is C=CCOc1ccc(CC(NC(=O)O)C(N)=O)cc1. The number of primary amides is 1. The lowest BCUT2D eigenvalue weighted by Gasteiger charge is -2.13. The summed E-state index contributed by atoms with van der Waals surface area (Å²) in [6.07, 6.45) is 0.548. The summed E-state index contributed by atoms with van der Waals surface area (Å²) in [5.41, 5.74) is 5.91. The van der Waals surface area contributed by atoms with Gasteiger partial charge in [0.25, 0.3) is 0 Å². The van der Waals surface area contributed by atoms with E-state index in [-0.39, 0.29) is 6.42 Å². The lowest BCUT2D eigenvalue weighted by molar-refractivity contribution is -0.119. The Morgan fingerprint density at radius 2 is 2.05 bits per heavy atom. The molecule has 0 heterocycles. The highest BCUT2D eigenvalue weighted by Gasteiger charge is 2.17. The molecule has 2 amide bonds. The molecule has 102 valence electrons. The summed E-state index contributed by atoms with van der Waals surface area (Å²) in [5, 5.41) is 10.7. The fraction of sp³-hybridized carbons (Fsp3) is 0.231. The van der Waals surface area contributed by atoms with Gasteiger partial charge in [0, 0.05) is 6.42 Å². The van der Waals surface area contributed by atoms with Gasteiger partial charge in [-0.15, -0.1) is 0 Å². The summed E-state index contributed by atoms with van der Waals surface area (Å²) < 4.78 is 5.31. The average molecular weight is 264 g/mol. The molecule has 1 unspecified atom stereocenters. The van der Waals surface area contributed by atoms with Crippen LogP contribution in [-0.2, 0) is 11.2 Å². The zero-order valence-electron chi connectivity index (χ0n) is 10.3. The molecule has 0 aromatic heterocycles. The van der Waals surface area contributed by atoms with Crippen LogP contribution < -0.4 is 15.8 Å². The third kappa shape index (κ3) is 5.12. The molecule has 19 heavy (non-hydrogen) atoms. The summed E-state index contributed by atoms with van der Waals surface area (Å²) >= 11 is 0. The van der Waals surface area contributed by atoms with Crippen molar-refractivity contribution in [2.75, 3.05) is 6.61 Å². The maximum atomic E-state index is 11.1. The molecule has 0 saturated heterocycles. The van der Waals surface area contributed by atoms with Crippen LogP contribution in [0.1, 0.15) is 5.56 Å². The number of rotatable bonds is 7. The Hall–Kier alpha value is -2.50. The molecule has 0 aliphatic heterocycles. The highest BCUT2D eigenvalue weighted by Crippen LogP contribution is 2.13. The van der Waals surface area contributed by atoms with E-state index >= 15 is 0 Å². The van der Waals surface area contributed by atoms with Gasteiger partial charge >= 0.3 is 6.09 Å². The average Bonchev–Trinajstić information content (AvgIpc) is 2.36. The van der Waals surface area contributed by atoms with Crippen molar-refractivity contribution in [2.45, 2.75) is 12.5 Å². The molecular weight excluding hydrogens is 248 g/mol. The van der Waals surface area contributed by atoms with Gasteiger partial charge in [-0.05, 0) is 17.7 Å². The topological polar surface area (TPSA) is 102 Å². The molecule has 0 radical (unpaired) electrons. The number of carboxylic acid groups (broad SMARTS) is 1. The summed E-state index contributed by atoms with van der Waals surface area (Å²) in [5.74, 6) is -0.0418. The van der Waals surface area contributed by atoms with Crippen molar-refractivity contribution in [3.63, 3.8) is 0 Å². The predicted molar refractivity (Wildman–Crippen MR) is 70.0 cm³/mol. The predicted octanol–water partition coefficient (Wildman–Crippen LogP) is 0.915. The van der Waals surface area contributed by atoms with Crippen LogP contribution in [0.15, 0.2) is 36.9 Å². The van der Waals surface area contributed by atoms with Crippen LogP contribution in [0, 0.1) is 0 Å². The van der Waals surface area contributed by atoms with E-state index in [2.05, 4.69) is 11.9 Å². The van der Waals surface area contributed by atoms with Crippen molar-refractivity contribution in [3.8, 4) is 5.75 Å². The minimum absolute atomic E-state index is 0.198. The first kappa shape index (κ1) is 14.6. The van der Waals surface area contributed by atoms with Gasteiger partial charge in [-0.2, -0.15) is 0 Å². The van der Waals surface area contributed by atoms with Gasteiger partial charge in [0.15, 0.2) is 0 Å². The van der Waals surface area contributed by atoms with Crippen LogP contribution in [0.5, 0.6) is 5.75 Å². The van der Waals surface area contributed by atoms with E-state index in [1.165, 1.54) is 0 Å². The van der Waals surface area contributed by atoms with Crippen molar-refractivity contribution >= 4 is 12.0 Å². The van der Waals surface area contributed by atoms with Crippen LogP contribution in [0.2, 0.25) is 0 Å². The van der Waals surface area contributed by atoms with Gasteiger partial charge in [0.1, 0.15) is 18.4 Å². The molecule has 1 atom stereocenters. The standard InChI is InChI=1S/C13H16N2O4/c1-2-7-19-10-5-3-9(4-6-10)8-11(12(14)16)15-13(17)18/h2-6,11,15H,1,7-8H2,(H2,14,16)(H,17,18). The van der Waals surface area contributed by atoms with Crippen molar-refractivity contribution in [3.05, 3.63) is 42.5 Å². The summed E-state index contributed by atoms with van der Waals surface area (Å²) in [7, 11) is 0. The fourth-order valence-corrected chi connectivity index (χ4v) is 1.48. The first-order valence-electron chi connectivity index (χ1n) is 5.64. The molecule has 4 N–H and O–H groups in total. The van der Waals surface area contributed by atoms with Crippen LogP contribution in [0.4, 0.5) is 4.79 Å². The maximum absolute atomic E-state index is 11.1. The minimum atomic E-state index is -1.28. The van der Waals surface area contributed by atoms with Gasteiger partial charge in [0.2, 0.25) is 5.91 Å². The Bertz CT molecular complexity index is 456. The van der Waals surface area contributed by atoms with Gasteiger partial charge < -0.3 is 20.9 Å². The normalized spacial score (nSPS) is 11.4. The maximum Gasteiger partial charge on any atom is 0.405 e. The number of ether oxygens (including phenoxy) is 1. The van der Waals surface area contributed by atoms with Gasteiger partial charge in [-0.3, -0.25) is 4.79 Å². The van der Waals surface area contributed by atoms with Crippen LogP contribution in [0.25, 0.3) is 0 Å². The second-order valence-electron chi connectivity index (χ2n) is 3.85. The van der Waals surface area contributed by atoms with Crippen LogP contribution in [0.3, 0.4) is 0 Å². The van der Waals surface area contributed by atoms with Crippen molar-refractivity contribution in [2.24, 2.45) is 5.73 Å². The van der Waals surface area contributed by atoms with Gasteiger partial charge in [-0.25, -0.2) is 4.79 Å². The number of hydrogen-bond donors (Lipinski definition) is 3. The number of benzene rings is 1. The Morgan fingerprint density at radius 3 is 2.53 bits per heavy atom. The molecule has 1 aromatic carbocycles. The first-order valence-corrected chi connectivity index (χ1v) is 5.64. The molecule has 0 saturated carbocycles. The molecule has 0 spiro atoms. The van der Waals surface area contributed by atoms with Crippen molar-refractivity contribution in [1.82, 2.24) is 5.32 Å². The number of hydrogen-bond acceptors (Lipinski definition) is 3. The molecule has 6 heteroatoms. The third-order valence-corrected chi connectivity index (χ3v) is 2.37. The highest BCUT2D eigenvalue weighted by atomic mass is 16.5. The van der Waals surface area contributed by atoms with E-state index in [0.29, 0.717) is 12.4 Å². The molecule has 0 bridgehead atoms. The van der Waals surface area contributed by atoms with E-state index in [9.17, 15) is 9.59 Å². The molecule has 1 aromatic rings. The molecular formula is C13H16N2O4. The fourth-order valence-electron chi connectivity index (χ4n) is 1.48. The van der Waals surface area contributed by atoms with E-state index < -0.39 is 18.0 Å². The van der Waals surface area contributed by atoms with E-state index in [1.54, 1.807) is 30.3 Å². The highest BCUT2D eigenvalue weighted by molar-refractivity contribution is 5.84. The first-order chi connectivity index (χ1) is 9.02. The number of nitrogens with one attached hydrogen (secondary N) is 1. The van der Waals surface area contributed by atoms with Crippen LogP contribution >= 0.6 is 0 Å². The molecule has 0 fully saturated rings. The second-order valence-corrected chi connectivity index (χ2v) is 3.85. The third-order valence-electron chi connectivity index (χ3n) is 2.37. The number of carbonyl (C=O) groups excluding carboxylic acids is 1. The number of nitrogens with two attached hydrogens (primary N) is 1. The zero-order valence-corrected chi connectivity index (χ0v) is 10.3. The second kappa shape index (κ2) is 7.05. The quantitative estimate of drug-likeness (QED) is 0.637. The Balaban J connectivity index is 2.66. The van der Waals surface area contributed by atoms with Crippen LogP contribution in [-0.4, -0.2) is 29.8 Å². The van der Waals surface area contributed by atoms with Crippen molar-refractivity contribution in [1.29, 1.82) is 0 Å². The zero-order chi connectivity index (χ0) is 14.3. The molecule has 6 nitrogen and oxygen atoms in total. The van der Waals surface area contributed by atoms with E-state index in [1.807, 2.05) is 0 Å². The van der Waals surface area contributed by atoms with Gasteiger partial charge in [-0.1, -0.05) is 24.8 Å². The lowest BCUT2D eigenvalue weighted by atomic mass is 10.1. The molecule has 0 aliphatic carbocycles. The number of amides is 2. The summed E-state index contributed by atoms with van der Waals surface area (Å²) in [6, 6.07) is 6.02. The van der Waals surface area contributed by atoms with E-state index in [0.717, 1.165) is 5.56 Å². The van der Waals surface area contributed by atoms with E-state index in [4.69, 9.17) is 15.6 Å². The summed E-state index contributed by atoms with van der Waals surface area (Å²) in [4.78, 5) is 21.6. The van der Waals surface area contributed by atoms with Crippen molar-refractivity contribution < 1.29 is 19.4 Å². The largest absolute Gasteiger partial charge is 0.490 e. The minimum Gasteiger partial charge on any atom is -0.490 e. The molecule has 1 rings (SSSR count). The van der Waals surface area contributed by atoms with Gasteiger partial charge in [0.05, 0.1) is 0 Å².